The van der Waals surface area contributed by atoms with Crippen molar-refractivity contribution in [2.45, 2.75) is 20.1 Å². The van der Waals surface area contributed by atoms with E-state index in [-0.39, 0.29) is 12.2 Å². The fraction of sp³-hybridized carbons (Fsp3) is 0.125. The Labute approximate surface area is 260 Å². The normalized spacial score (nSPS) is 11.0. The van der Waals surface area contributed by atoms with Crippen LogP contribution in [0.25, 0.3) is 6.08 Å². The molecular weight excluding hydrogens is 672 g/mol. The van der Waals surface area contributed by atoms with E-state index >= 15 is 0 Å². The number of amides is 1. The van der Waals surface area contributed by atoms with E-state index < -0.39 is 5.91 Å². The van der Waals surface area contributed by atoms with E-state index in [1.54, 1.807) is 42.5 Å². The lowest BCUT2D eigenvalue weighted by molar-refractivity contribution is -0.112. The molecule has 41 heavy (non-hydrogen) atoms. The fourth-order valence-electron chi connectivity index (χ4n) is 3.75. The van der Waals surface area contributed by atoms with Crippen LogP contribution in [0.5, 0.6) is 17.2 Å². The lowest BCUT2D eigenvalue weighted by Gasteiger charge is -2.15. The minimum Gasteiger partial charge on any atom is -0.490 e. The zero-order valence-electron chi connectivity index (χ0n) is 22.0. The highest BCUT2D eigenvalue weighted by Crippen LogP contribution is 2.38. The Bertz CT molecular complexity index is 1580. The van der Waals surface area contributed by atoms with Crippen LogP contribution in [0.2, 0.25) is 5.02 Å². The molecule has 0 radical (unpaired) electrons. The summed E-state index contributed by atoms with van der Waals surface area (Å²) >= 11 is 13.0. The number of carbonyl (C=O) groups excluding carboxylic acids is 1. The topological polar surface area (TPSA) is 80.6 Å². The van der Waals surface area contributed by atoms with E-state index in [0.29, 0.717) is 51.2 Å². The molecule has 6 nitrogen and oxygen atoms in total. The lowest BCUT2D eigenvalue weighted by Crippen LogP contribution is -2.13. The predicted molar refractivity (Wildman–Crippen MR) is 168 cm³/mol. The molecule has 0 aliphatic carbocycles. The van der Waals surface area contributed by atoms with Crippen molar-refractivity contribution in [3.8, 4) is 23.3 Å². The Morgan fingerprint density at radius 2 is 1.66 bits per heavy atom. The molecule has 0 saturated carbocycles. The third-order valence-corrected chi connectivity index (χ3v) is 7.06. The molecule has 0 bridgehead atoms. The second kappa shape index (κ2) is 14.7. The molecule has 0 unspecified atom stereocenters. The van der Waals surface area contributed by atoms with E-state index in [1.807, 2.05) is 55.5 Å². The Morgan fingerprint density at radius 3 is 2.34 bits per heavy atom. The predicted octanol–water partition coefficient (Wildman–Crippen LogP) is 8.97. The van der Waals surface area contributed by atoms with Crippen LogP contribution in [0.1, 0.15) is 23.6 Å². The van der Waals surface area contributed by atoms with Gasteiger partial charge in [-0.1, -0.05) is 51.8 Å². The fourth-order valence-corrected chi connectivity index (χ4v) is 4.80. The van der Waals surface area contributed by atoms with Gasteiger partial charge in [0.2, 0.25) is 0 Å². The smallest absolute Gasteiger partial charge is 0.266 e. The molecule has 0 aliphatic rings. The molecule has 1 amide bonds. The van der Waals surface area contributed by atoms with Crippen molar-refractivity contribution in [2.24, 2.45) is 0 Å². The summed E-state index contributed by atoms with van der Waals surface area (Å²) in [5.74, 6) is 1.11. The summed E-state index contributed by atoms with van der Waals surface area (Å²) < 4.78 is 19.3. The minimum absolute atomic E-state index is 0.0671. The summed E-state index contributed by atoms with van der Waals surface area (Å²) in [5.41, 5.74) is 3.01. The van der Waals surface area contributed by atoms with Gasteiger partial charge in [-0.05, 0) is 106 Å². The zero-order valence-corrected chi connectivity index (χ0v) is 25.9. The monoisotopic (exact) mass is 694 g/mol. The second-order valence-corrected chi connectivity index (χ2v) is 11.0. The first-order valence-corrected chi connectivity index (χ1v) is 14.5. The number of nitriles is 1. The van der Waals surface area contributed by atoms with Gasteiger partial charge in [-0.25, -0.2) is 0 Å². The molecule has 0 saturated heterocycles. The van der Waals surface area contributed by atoms with E-state index in [0.717, 1.165) is 15.6 Å². The van der Waals surface area contributed by atoms with Crippen LogP contribution in [-0.2, 0) is 18.0 Å². The van der Waals surface area contributed by atoms with Crippen molar-refractivity contribution in [1.29, 1.82) is 5.26 Å². The van der Waals surface area contributed by atoms with Gasteiger partial charge in [0.1, 0.15) is 30.6 Å². The number of anilines is 1. The lowest BCUT2D eigenvalue weighted by atomic mass is 10.1. The number of hydrogen-bond acceptors (Lipinski definition) is 5. The van der Waals surface area contributed by atoms with Gasteiger partial charge >= 0.3 is 0 Å². The number of hydrogen-bond donors (Lipinski definition) is 1. The molecular formula is C32H25Br2ClN2O4. The Kier molecular flexibility index (Phi) is 10.9. The molecule has 0 spiro atoms. The van der Waals surface area contributed by atoms with Crippen LogP contribution in [0, 0.1) is 11.3 Å². The molecule has 208 valence electrons. The molecule has 0 aromatic heterocycles. The largest absolute Gasteiger partial charge is 0.490 e. The summed E-state index contributed by atoms with van der Waals surface area (Å²) in [7, 11) is 0. The molecule has 0 heterocycles. The van der Waals surface area contributed by atoms with Gasteiger partial charge < -0.3 is 19.5 Å². The number of carbonyl (C=O) groups is 1. The molecule has 4 rings (SSSR count). The van der Waals surface area contributed by atoms with Crippen molar-refractivity contribution >= 4 is 61.1 Å². The number of halogens is 3. The number of nitrogens with one attached hydrogen (secondary N) is 1. The first-order chi connectivity index (χ1) is 19.8. The highest BCUT2D eigenvalue weighted by Gasteiger charge is 2.15. The number of benzene rings is 4. The van der Waals surface area contributed by atoms with Crippen molar-refractivity contribution in [2.75, 3.05) is 11.9 Å². The van der Waals surface area contributed by atoms with Crippen LogP contribution in [0.4, 0.5) is 5.69 Å². The molecule has 0 aliphatic heterocycles. The van der Waals surface area contributed by atoms with Crippen LogP contribution >= 0.6 is 43.5 Å². The van der Waals surface area contributed by atoms with Gasteiger partial charge in [-0.2, -0.15) is 5.26 Å². The van der Waals surface area contributed by atoms with Crippen LogP contribution < -0.4 is 19.5 Å². The van der Waals surface area contributed by atoms with Crippen molar-refractivity contribution in [3.05, 3.63) is 121 Å². The number of ether oxygens (including phenoxy) is 3. The quantitative estimate of drug-likeness (QED) is 0.125. The number of rotatable bonds is 11. The van der Waals surface area contributed by atoms with E-state index in [9.17, 15) is 10.1 Å². The van der Waals surface area contributed by atoms with Crippen molar-refractivity contribution < 1.29 is 19.0 Å². The van der Waals surface area contributed by atoms with E-state index in [4.69, 9.17) is 25.8 Å². The average molecular weight is 697 g/mol. The molecule has 0 fully saturated rings. The zero-order chi connectivity index (χ0) is 29.2. The summed E-state index contributed by atoms with van der Waals surface area (Å²) in [6, 6.07) is 27.7. The summed E-state index contributed by atoms with van der Waals surface area (Å²) in [6.45, 7) is 2.97. The van der Waals surface area contributed by atoms with Crippen molar-refractivity contribution in [1.82, 2.24) is 0 Å². The highest BCUT2D eigenvalue weighted by atomic mass is 79.9. The third kappa shape index (κ3) is 8.86. The first-order valence-electron chi connectivity index (χ1n) is 12.6. The molecule has 4 aromatic rings. The SMILES string of the molecule is CCOc1cc(/C=C(\C#N)C(=O)Nc2ccc(OCc3ccc(Br)cc3)cc2)cc(Br)c1OCc1cccc(Cl)c1. The average Bonchev–Trinajstić information content (AvgIpc) is 2.96. The minimum atomic E-state index is -0.536. The van der Waals surface area contributed by atoms with Gasteiger partial charge in [0.05, 0.1) is 11.1 Å². The Morgan fingerprint density at radius 1 is 0.927 bits per heavy atom. The second-order valence-electron chi connectivity index (χ2n) is 8.75. The highest BCUT2D eigenvalue weighted by molar-refractivity contribution is 9.10. The van der Waals surface area contributed by atoms with Crippen LogP contribution in [0.3, 0.4) is 0 Å². The summed E-state index contributed by atoms with van der Waals surface area (Å²) in [5, 5.41) is 13.1. The van der Waals surface area contributed by atoms with Crippen LogP contribution in [-0.4, -0.2) is 12.5 Å². The van der Waals surface area contributed by atoms with E-state index in [2.05, 4.69) is 37.2 Å². The van der Waals surface area contributed by atoms with E-state index in [1.165, 1.54) is 6.08 Å². The van der Waals surface area contributed by atoms with Gasteiger partial charge in [0.25, 0.3) is 5.91 Å². The maximum atomic E-state index is 12.9. The Balaban J connectivity index is 1.43. The Hall–Kier alpha value is -3.77. The van der Waals surface area contributed by atoms with Gasteiger partial charge in [-0.15, -0.1) is 0 Å². The van der Waals surface area contributed by atoms with Crippen LogP contribution in [0.15, 0.2) is 99.4 Å². The van der Waals surface area contributed by atoms with Gasteiger partial charge in [0, 0.05) is 15.2 Å². The molecule has 4 aromatic carbocycles. The maximum Gasteiger partial charge on any atom is 0.266 e. The maximum absolute atomic E-state index is 12.9. The summed E-state index contributed by atoms with van der Waals surface area (Å²) in [6.07, 6.45) is 1.50. The van der Waals surface area contributed by atoms with Gasteiger partial charge in [-0.3, -0.25) is 4.79 Å². The standard InChI is InChI=1S/C32H25Br2ClN2O4/c1-2-39-30-17-23(16-29(34)31(30)41-20-22-4-3-5-26(35)15-22)14-24(18-36)32(38)37-27-10-12-28(13-11-27)40-19-21-6-8-25(33)9-7-21/h3-17H,2,19-20H2,1H3,(H,37,38)/b24-14+. The molecule has 9 heteroatoms. The van der Waals surface area contributed by atoms with Gasteiger partial charge in [0.15, 0.2) is 11.5 Å². The molecule has 0 atom stereocenters. The molecule has 1 N–H and O–H groups in total. The van der Waals surface area contributed by atoms with Crippen molar-refractivity contribution in [3.63, 3.8) is 0 Å². The third-order valence-electron chi connectivity index (χ3n) is 5.71. The summed E-state index contributed by atoms with van der Waals surface area (Å²) in [4.78, 5) is 12.9. The number of nitrogens with zero attached hydrogens (tertiary/aromatic N) is 1. The first kappa shape index (κ1) is 30.2.